The van der Waals surface area contributed by atoms with E-state index in [-0.39, 0.29) is 12.8 Å². The van der Waals surface area contributed by atoms with Crippen LogP contribution in [0.25, 0.3) is 0 Å². The molecule has 0 fully saturated rings. The maximum absolute atomic E-state index is 11.3. The number of anilines is 1. The van der Waals surface area contributed by atoms with Crippen LogP contribution in [0.3, 0.4) is 0 Å². The standard InChI is InChI=1S/C10H9Cl2NO3/c11-6-1-2-7(12)8(5-6)13-9(14)3-4-10(15)16/h1-2,5H,3-4H2,(H,13,14)(H,15,16). The number of aliphatic carboxylic acids is 1. The molecule has 2 N–H and O–H groups in total. The molecule has 0 bridgehead atoms. The first-order chi connectivity index (χ1) is 7.49. The third kappa shape index (κ3) is 4.08. The smallest absolute Gasteiger partial charge is 0.303 e. The lowest BCUT2D eigenvalue weighted by Gasteiger charge is -2.06. The van der Waals surface area contributed by atoms with Gasteiger partial charge in [-0.05, 0) is 18.2 Å². The number of amides is 1. The van der Waals surface area contributed by atoms with Crippen LogP contribution < -0.4 is 5.32 Å². The average molecular weight is 262 g/mol. The molecular formula is C10H9Cl2NO3. The summed E-state index contributed by atoms with van der Waals surface area (Å²) < 4.78 is 0. The molecule has 86 valence electrons. The van der Waals surface area contributed by atoms with Gasteiger partial charge in [-0.3, -0.25) is 9.59 Å². The van der Waals surface area contributed by atoms with Crippen molar-refractivity contribution in [1.82, 2.24) is 0 Å². The van der Waals surface area contributed by atoms with E-state index in [4.69, 9.17) is 28.3 Å². The van der Waals surface area contributed by atoms with E-state index in [1.807, 2.05) is 0 Å². The van der Waals surface area contributed by atoms with Gasteiger partial charge in [0.15, 0.2) is 0 Å². The van der Waals surface area contributed by atoms with Crippen LogP contribution in [0.1, 0.15) is 12.8 Å². The van der Waals surface area contributed by atoms with E-state index in [1.54, 1.807) is 12.1 Å². The summed E-state index contributed by atoms with van der Waals surface area (Å²) in [6.45, 7) is 0. The molecule has 0 radical (unpaired) electrons. The normalized spacial score (nSPS) is 9.88. The van der Waals surface area contributed by atoms with Crippen LogP contribution >= 0.6 is 23.2 Å². The van der Waals surface area contributed by atoms with Crippen molar-refractivity contribution in [3.8, 4) is 0 Å². The van der Waals surface area contributed by atoms with E-state index < -0.39 is 11.9 Å². The van der Waals surface area contributed by atoms with E-state index in [1.165, 1.54) is 6.07 Å². The minimum absolute atomic E-state index is 0.0990. The van der Waals surface area contributed by atoms with Gasteiger partial charge in [0.25, 0.3) is 0 Å². The summed E-state index contributed by atoms with van der Waals surface area (Å²) >= 11 is 11.5. The topological polar surface area (TPSA) is 66.4 Å². The summed E-state index contributed by atoms with van der Waals surface area (Å²) in [5, 5.41) is 11.7. The molecule has 0 aliphatic carbocycles. The quantitative estimate of drug-likeness (QED) is 0.876. The fourth-order valence-corrected chi connectivity index (χ4v) is 1.36. The fraction of sp³-hybridized carbons (Fsp3) is 0.200. The van der Waals surface area contributed by atoms with Crippen LogP contribution in [0.15, 0.2) is 18.2 Å². The maximum Gasteiger partial charge on any atom is 0.303 e. The van der Waals surface area contributed by atoms with Crippen LogP contribution in [-0.2, 0) is 9.59 Å². The summed E-state index contributed by atoms with van der Waals surface area (Å²) in [5.41, 5.74) is 0.379. The van der Waals surface area contributed by atoms with Crippen molar-refractivity contribution in [3.63, 3.8) is 0 Å². The molecule has 0 spiro atoms. The fourth-order valence-electron chi connectivity index (χ4n) is 1.03. The second-order valence-electron chi connectivity index (χ2n) is 3.07. The lowest BCUT2D eigenvalue weighted by molar-refractivity contribution is -0.138. The van der Waals surface area contributed by atoms with Crippen molar-refractivity contribution >= 4 is 40.8 Å². The van der Waals surface area contributed by atoms with Crippen molar-refractivity contribution < 1.29 is 14.7 Å². The van der Waals surface area contributed by atoms with Crippen molar-refractivity contribution in [1.29, 1.82) is 0 Å². The highest BCUT2D eigenvalue weighted by Crippen LogP contribution is 2.25. The van der Waals surface area contributed by atoms with Gasteiger partial charge in [-0.25, -0.2) is 0 Å². The minimum atomic E-state index is -1.02. The molecule has 4 nitrogen and oxygen atoms in total. The van der Waals surface area contributed by atoms with Crippen LogP contribution in [-0.4, -0.2) is 17.0 Å². The van der Waals surface area contributed by atoms with Crippen molar-refractivity contribution in [3.05, 3.63) is 28.2 Å². The number of carboxylic acid groups (broad SMARTS) is 1. The number of carboxylic acids is 1. The molecule has 16 heavy (non-hydrogen) atoms. The van der Waals surface area contributed by atoms with Crippen molar-refractivity contribution in [2.45, 2.75) is 12.8 Å². The molecule has 0 aliphatic heterocycles. The summed E-state index contributed by atoms with van der Waals surface area (Å²) in [6, 6.07) is 4.65. The Bertz CT molecular complexity index is 421. The second-order valence-corrected chi connectivity index (χ2v) is 3.91. The zero-order valence-electron chi connectivity index (χ0n) is 8.17. The molecular weight excluding hydrogens is 253 g/mol. The van der Waals surface area contributed by atoms with Gasteiger partial charge in [0, 0.05) is 11.4 Å². The Kier molecular flexibility index (Phi) is 4.58. The van der Waals surface area contributed by atoms with Crippen LogP contribution in [0.2, 0.25) is 10.0 Å². The summed E-state index contributed by atoms with van der Waals surface area (Å²) in [7, 11) is 0. The maximum atomic E-state index is 11.3. The number of hydrogen-bond donors (Lipinski definition) is 2. The molecule has 0 aliphatic rings. The van der Waals surface area contributed by atoms with Crippen LogP contribution in [0, 0.1) is 0 Å². The predicted octanol–water partition coefficient (Wildman–Crippen LogP) is 2.80. The number of rotatable bonds is 4. The Labute approximate surface area is 102 Å². The molecule has 1 aromatic rings. The second kappa shape index (κ2) is 5.72. The molecule has 0 saturated heterocycles. The Balaban J connectivity index is 2.62. The molecule has 1 amide bonds. The Hall–Kier alpha value is -1.26. The van der Waals surface area contributed by atoms with Gasteiger partial charge in [0.1, 0.15) is 0 Å². The summed E-state index contributed by atoms with van der Waals surface area (Å²) in [5.74, 6) is -1.43. The molecule has 1 aromatic carbocycles. The Morgan fingerprint density at radius 1 is 1.25 bits per heavy atom. The van der Waals surface area contributed by atoms with E-state index in [9.17, 15) is 9.59 Å². The third-order valence-electron chi connectivity index (χ3n) is 1.77. The average Bonchev–Trinajstić information content (AvgIpc) is 2.20. The minimum Gasteiger partial charge on any atom is -0.481 e. The first-order valence-electron chi connectivity index (χ1n) is 4.45. The number of hydrogen-bond acceptors (Lipinski definition) is 2. The van der Waals surface area contributed by atoms with Gasteiger partial charge in [-0.1, -0.05) is 23.2 Å². The number of halogens is 2. The van der Waals surface area contributed by atoms with Crippen LogP contribution in [0.4, 0.5) is 5.69 Å². The van der Waals surface area contributed by atoms with E-state index in [0.717, 1.165) is 0 Å². The Morgan fingerprint density at radius 2 is 1.94 bits per heavy atom. The summed E-state index contributed by atoms with van der Waals surface area (Å²) in [6.07, 6.45) is -0.317. The number of nitrogens with one attached hydrogen (secondary N) is 1. The van der Waals surface area contributed by atoms with Gasteiger partial charge in [0.2, 0.25) is 5.91 Å². The van der Waals surface area contributed by atoms with Gasteiger partial charge >= 0.3 is 5.97 Å². The van der Waals surface area contributed by atoms with E-state index in [0.29, 0.717) is 15.7 Å². The molecule has 0 aromatic heterocycles. The van der Waals surface area contributed by atoms with Gasteiger partial charge < -0.3 is 10.4 Å². The van der Waals surface area contributed by atoms with Gasteiger partial charge in [-0.15, -0.1) is 0 Å². The number of carbonyl (C=O) groups is 2. The number of benzene rings is 1. The van der Waals surface area contributed by atoms with E-state index >= 15 is 0 Å². The van der Waals surface area contributed by atoms with E-state index in [2.05, 4.69) is 5.32 Å². The van der Waals surface area contributed by atoms with Crippen molar-refractivity contribution in [2.24, 2.45) is 0 Å². The Morgan fingerprint density at radius 3 is 2.56 bits per heavy atom. The van der Waals surface area contributed by atoms with Crippen molar-refractivity contribution in [2.75, 3.05) is 5.32 Å². The molecule has 0 saturated carbocycles. The third-order valence-corrected chi connectivity index (χ3v) is 2.33. The predicted molar refractivity (Wildman–Crippen MR) is 62.0 cm³/mol. The summed E-state index contributed by atoms with van der Waals surface area (Å²) in [4.78, 5) is 21.6. The molecule has 0 heterocycles. The lowest BCUT2D eigenvalue weighted by Crippen LogP contribution is -2.13. The van der Waals surface area contributed by atoms with Crippen LogP contribution in [0.5, 0.6) is 0 Å². The van der Waals surface area contributed by atoms with Gasteiger partial charge in [0.05, 0.1) is 17.1 Å². The largest absolute Gasteiger partial charge is 0.481 e. The lowest BCUT2D eigenvalue weighted by atomic mass is 10.2. The highest BCUT2D eigenvalue weighted by molar-refractivity contribution is 6.35. The highest BCUT2D eigenvalue weighted by atomic mass is 35.5. The number of carbonyl (C=O) groups excluding carboxylic acids is 1. The first-order valence-corrected chi connectivity index (χ1v) is 5.21. The zero-order chi connectivity index (χ0) is 12.1. The molecule has 6 heteroatoms. The monoisotopic (exact) mass is 261 g/mol. The molecule has 0 atom stereocenters. The SMILES string of the molecule is O=C(O)CCC(=O)Nc1cc(Cl)ccc1Cl. The van der Waals surface area contributed by atoms with Gasteiger partial charge in [-0.2, -0.15) is 0 Å². The zero-order valence-corrected chi connectivity index (χ0v) is 9.68. The molecule has 0 unspecified atom stereocenters. The first kappa shape index (κ1) is 12.8. The highest BCUT2D eigenvalue weighted by Gasteiger charge is 2.08. The molecule has 1 rings (SSSR count).